The van der Waals surface area contributed by atoms with E-state index < -0.39 is 11.7 Å². The molecule has 0 unspecified atom stereocenters. The van der Waals surface area contributed by atoms with E-state index in [1.807, 2.05) is 35.2 Å². The molecule has 0 N–H and O–H groups in total. The largest absolute Gasteiger partial charge is 0.416 e. The molecule has 0 radical (unpaired) electrons. The molecule has 2 aliphatic rings. The minimum Gasteiger partial charge on any atom is -0.336 e. The number of carbonyl (C=O) groups excluding carboxylic acids is 2. The van der Waals surface area contributed by atoms with E-state index in [-0.39, 0.29) is 17.9 Å². The third-order valence-corrected chi connectivity index (χ3v) is 6.97. The predicted molar refractivity (Wildman–Crippen MR) is 130 cm³/mol. The number of hydrogen-bond donors (Lipinski definition) is 0. The van der Waals surface area contributed by atoms with Crippen molar-refractivity contribution < 1.29 is 22.8 Å². The Labute approximate surface area is 207 Å². The van der Waals surface area contributed by atoms with Crippen LogP contribution in [-0.2, 0) is 6.18 Å². The van der Waals surface area contributed by atoms with Crippen molar-refractivity contribution in [1.29, 1.82) is 0 Å². The average molecular weight is 494 g/mol. The van der Waals surface area contributed by atoms with E-state index in [1.54, 1.807) is 29.2 Å². The Morgan fingerprint density at radius 3 is 1.69 bits per heavy atom. The molecule has 5 nitrogen and oxygen atoms in total. The van der Waals surface area contributed by atoms with Gasteiger partial charge in [-0.05, 0) is 47.5 Å². The van der Waals surface area contributed by atoms with Crippen molar-refractivity contribution in [2.24, 2.45) is 0 Å². The summed E-state index contributed by atoms with van der Waals surface area (Å²) < 4.78 is 38.3. The number of benzene rings is 3. The van der Waals surface area contributed by atoms with Crippen LogP contribution < -0.4 is 0 Å². The number of alkyl halides is 3. The molecule has 36 heavy (non-hydrogen) atoms. The number of piperazine rings is 1. The van der Waals surface area contributed by atoms with Crippen LogP contribution in [0, 0.1) is 0 Å². The summed E-state index contributed by atoms with van der Waals surface area (Å²) in [5.74, 6) is 0.00326. The van der Waals surface area contributed by atoms with Crippen LogP contribution in [0.2, 0.25) is 0 Å². The van der Waals surface area contributed by atoms with E-state index in [0.717, 1.165) is 30.8 Å². The standard InChI is InChI=1S/C28H26F3N3O2/c29-28(30,31)24-12-10-21(11-13-24)20-6-8-23(9-7-20)27(36)34-18-25(19-34)32-14-16-33(17-15-32)26(35)22-4-2-1-3-5-22/h1-13,25H,14-19H2. The molecule has 2 saturated heterocycles. The Balaban J connectivity index is 1.12. The summed E-state index contributed by atoms with van der Waals surface area (Å²) in [5.41, 5.74) is 1.99. The van der Waals surface area contributed by atoms with Gasteiger partial charge in [0.2, 0.25) is 0 Å². The van der Waals surface area contributed by atoms with Gasteiger partial charge in [0.15, 0.2) is 0 Å². The number of halogens is 3. The molecule has 3 aromatic carbocycles. The van der Waals surface area contributed by atoms with Gasteiger partial charge in [-0.15, -0.1) is 0 Å². The first-order chi connectivity index (χ1) is 17.3. The predicted octanol–water partition coefficient (Wildman–Crippen LogP) is 4.65. The van der Waals surface area contributed by atoms with Crippen LogP contribution in [0.1, 0.15) is 26.3 Å². The summed E-state index contributed by atoms with van der Waals surface area (Å²) in [6.45, 7) is 4.20. The minimum absolute atomic E-state index is 0.0527. The Bertz CT molecular complexity index is 1210. The number of rotatable bonds is 4. The molecule has 3 aromatic rings. The normalized spacial score (nSPS) is 17.1. The van der Waals surface area contributed by atoms with Crippen molar-refractivity contribution in [2.45, 2.75) is 12.2 Å². The first-order valence-electron chi connectivity index (χ1n) is 11.9. The molecule has 0 aliphatic carbocycles. The van der Waals surface area contributed by atoms with Crippen LogP contribution in [0.25, 0.3) is 11.1 Å². The van der Waals surface area contributed by atoms with Crippen molar-refractivity contribution in [3.8, 4) is 11.1 Å². The van der Waals surface area contributed by atoms with Gasteiger partial charge in [-0.3, -0.25) is 14.5 Å². The molecule has 0 bridgehead atoms. The third kappa shape index (κ3) is 4.99. The van der Waals surface area contributed by atoms with E-state index in [0.29, 0.717) is 42.9 Å². The maximum absolute atomic E-state index is 12.9. The van der Waals surface area contributed by atoms with Crippen molar-refractivity contribution in [3.63, 3.8) is 0 Å². The van der Waals surface area contributed by atoms with Crippen LogP contribution in [-0.4, -0.2) is 71.8 Å². The first-order valence-corrected chi connectivity index (χ1v) is 11.9. The van der Waals surface area contributed by atoms with E-state index in [4.69, 9.17) is 0 Å². The van der Waals surface area contributed by atoms with Crippen LogP contribution in [0.15, 0.2) is 78.9 Å². The Hall–Kier alpha value is -3.65. The molecule has 186 valence electrons. The van der Waals surface area contributed by atoms with Crippen molar-refractivity contribution in [2.75, 3.05) is 39.3 Å². The maximum Gasteiger partial charge on any atom is 0.416 e. The van der Waals surface area contributed by atoms with Crippen LogP contribution in [0.3, 0.4) is 0 Å². The smallest absolute Gasteiger partial charge is 0.336 e. The van der Waals surface area contributed by atoms with Crippen LogP contribution >= 0.6 is 0 Å². The minimum atomic E-state index is -4.36. The highest BCUT2D eigenvalue weighted by Crippen LogP contribution is 2.31. The summed E-state index contributed by atoms with van der Waals surface area (Å²) >= 11 is 0. The molecule has 5 rings (SSSR count). The summed E-state index contributed by atoms with van der Waals surface area (Å²) in [5, 5.41) is 0. The fourth-order valence-electron chi connectivity index (χ4n) is 4.75. The second-order valence-electron chi connectivity index (χ2n) is 9.21. The fourth-order valence-corrected chi connectivity index (χ4v) is 4.75. The topological polar surface area (TPSA) is 43.9 Å². The lowest BCUT2D eigenvalue weighted by Crippen LogP contribution is -2.64. The van der Waals surface area contributed by atoms with Gasteiger partial charge >= 0.3 is 6.18 Å². The molecule has 2 amide bonds. The first kappa shape index (κ1) is 24.1. The zero-order valence-corrected chi connectivity index (χ0v) is 19.6. The third-order valence-electron chi connectivity index (χ3n) is 6.97. The molecule has 2 heterocycles. The molecule has 2 aliphatic heterocycles. The second-order valence-corrected chi connectivity index (χ2v) is 9.21. The lowest BCUT2D eigenvalue weighted by molar-refractivity contribution is -0.137. The molecule has 0 atom stereocenters. The van der Waals surface area contributed by atoms with Crippen molar-refractivity contribution >= 4 is 11.8 Å². The highest BCUT2D eigenvalue weighted by molar-refractivity contribution is 5.95. The van der Waals surface area contributed by atoms with Gasteiger partial charge in [0, 0.05) is 56.4 Å². The number of nitrogens with zero attached hydrogens (tertiary/aromatic N) is 3. The van der Waals surface area contributed by atoms with E-state index in [1.165, 1.54) is 12.1 Å². The number of amides is 2. The quantitative estimate of drug-likeness (QED) is 0.531. The lowest BCUT2D eigenvalue weighted by Gasteiger charge is -2.48. The number of likely N-dealkylation sites (tertiary alicyclic amines) is 1. The SMILES string of the molecule is O=C(c1ccccc1)N1CCN(C2CN(C(=O)c3ccc(-c4ccc(C(F)(F)F)cc4)cc3)C2)CC1. The van der Waals surface area contributed by atoms with Crippen LogP contribution in [0.5, 0.6) is 0 Å². The molecule has 0 saturated carbocycles. The summed E-state index contributed by atoms with van der Waals surface area (Å²) in [6, 6.07) is 21.5. The molecule has 8 heteroatoms. The zero-order valence-electron chi connectivity index (χ0n) is 19.6. The van der Waals surface area contributed by atoms with Crippen molar-refractivity contribution in [1.82, 2.24) is 14.7 Å². The highest BCUT2D eigenvalue weighted by Gasteiger charge is 2.37. The molecule has 0 aromatic heterocycles. The summed E-state index contributed by atoms with van der Waals surface area (Å²) in [6.07, 6.45) is -4.36. The van der Waals surface area contributed by atoms with Gasteiger partial charge in [-0.2, -0.15) is 13.2 Å². The second kappa shape index (κ2) is 9.78. The number of hydrogen-bond acceptors (Lipinski definition) is 3. The zero-order chi connectivity index (χ0) is 25.3. The van der Waals surface area contributed by atoms with Gasteiger partial charge in [0.1, 0.15) is 0 Å². The van der Waals surface area contributed by atoms with Crippen molar-refractivity contribution in [3.05, 3.63) is 95.6 Å². The van der Waals surface area contributed by atoms with E-state index in [9.17, 15) is 22.8 Å². The highest BCUT2D eigenvalue weighted by atomic mass is 19.4. The Kier molecular flexibility index (Phi) is 6.53. The average Bonchev–Trinajstić information content (AvgIpc) is 2.88. The van der Waals surface area contributed by atoms with Crippen LogP contribution in [0.4, 0.5) is 13.2 Å². The molecule has 0 spiro atoms. The monoisotopic (exact) mass is 493 g/mol. The van der Waals surface area contributed by atoms with Gasteiger partial charge < -0.3 is 9.80 Å². The van der Waals surface area contributed by atoms with Gasteiger partial charge in [0.05, 0.1) is 5.56 Å². The molecule has 2 fully saturated rings. The fraction of sp³-hybridized carbons (Fsp3) is 0.286. The molecular formula is C28H26F3N3O2. The van der Waals surface area contributed by atoms with E-state index in [2.05, 4.69) is 4.90 Å². The van der Waals surface area contributed by atoms with Gasteiger partial charge in [-0.1, -0.05) is 42.5 Å². The Morgan fingerprint density at radius 2 is 1.14 bits per heavy atom. The van der Waals surface area contributed by atoms with E-state index >= 15 is 0 Å². The van der Waals surface area contributed by atoms with Gasteiger partial charge in [-0.25, -0.2) is 0 Å². The van der Waals surface area contributed by atoms with Gasteiger partial charge in [0.25, 0.3) is 11.8 Å². The molecular weight excluding hydrogens is 467 g/mol. The Morgan fingerprint density at radius 1 is 0.639 bits per heavy atom. The summed E-state index contributed by atoms with van der Waals surface area (Å²) in [4.78, 5) is 31.5. The maximum atomic E-state index is 12.9. The summed E-state index contributed by atoms with van der Waals surface area (Å²) in [7, 11) is 0. The number of carbonyl (C=O) groups is 2. The lowest BCUT2D eigenvalue weighted by atomic mass is 10.0.